The molecule has 8 heteroatoms. The summed E-state index contributed by atoms with van der Waals surface area (Å²) in [7, 11) is 0. The van der Waals surface area contributed by atoms with E-state index in [1.165, 1.54) is 0 Å². The predicted octanol–water partition coefficient (Wildman–Crippen LogP) is 4.25. The molecule has 1 aromatic heterocycles. The molecule has 1 heterocycles. The third kappa shape index (κ3) is 3.13. The fourth-order valence-corrected chi connectivity index (χ4v) is 2.11. The van der Waals surface area contributed by atoms with Crippen LogP contribution >= 0.6 is 58.0 Å². The zero-order valence-electron chi connectivity index (χ0n) is 9.35. The van der Waals surface area contributed by atoms with Crippen molar-refractivity contribution in [3.05, 3.63) is 11.4 Å². The summed E-state index contributed by atoms with van der Waals surface area (Å²) in [4.78, 5) is 0. The number of hydrogen-bond donors (Lipinski definition) is 0. The number of alkyl halides is 5. The Balaban J connectivity index is 3.31. The maximum atomic E-state index is 6.17. The lowest BCUT2D eigenvalue weighted by molar-refractivity contribution is 0.543. The first-order valence-electron chi connectivity index (χ1n) is 5.13. The lowest BCUT2D eigenvalue weighted by Gasteiger charge is -2.28. The van der Waals surface area contributed by atoms with Gasteiger partial charge in [0.15, 0.2) is 0 Å². The topological polar surface area (TPSA) is 30.7 Å². The molecule has 0 aromatic carbocycles. The van der Waals surface area contributed by atoms with Crippen LogP contribution in [0.25, 0.3) is 0 Å². The van der Waals surface area contributed by atoms with E-state index in [9.17, 15) is 0 Å². The zero-order valence-corrected chi connectivity index (χ0v) is 13.1. The van der Waals surface area contributed by atoms with Crippen molar-refractivity contribution in [3.63, 3.8) is 0 Å². The maximum absolute atomic E-state index is 6.17. The highest BCUT2D eigenvalue weighted by Crippen LogP contribution is 2.53. The number of rotatable bonds is 4. The Bertz CT molecular complexity index is 382. The number of hydrogen-bond acceptors (Lipinski definition) is 2. The van der Waals surface area contributed by atoms with Gasteiger partial charge in [-0.2, -0.15) is 0 Å². The van der Waals surface area contributed by atoms with Crippen LogP contribution in [0.4, 0.5) is 0 Å². The van der Waals surface area contributed by atoms with Crippen molar-refractivity contribution in [1.82, 2.24) is 15.0 Å². The summed E-state index contributed by atoms with van der Waals surface area (Å²) >= 11 is 29.8. The van der Waals surface area contributed by atoms with Crippen LogP contribution in [-0.2, 0) is 17.3 Å². The molecule has 0 spiro atoms. The van der Waals surface area contributed by atoms with Gasteiger partial charge in [-0.05, 0) is 12.8 Å². The standard InChI is InChI=1S/C9H12Cl5N3/c1-3-5-17-7(6(4-2)15-16-17)8(10,11)9(12,13)14/h3-5H2,1-2H3. The van der Waals surface area contributed by atoms with Crippen LogP contribution in [0, 0.1) is 0 Å². The van der Waals surface area contributed by atoms with Gasteiger partial charge in [-0.25, -0.2) is 4.68 Å². The normalized spacial score (nSPS) is 13.1. The lowest BCUT2D eigenvalue weighted by Crippen LogP contribution is -2.32. The van der Waals surface area contributed by atoms with Crippen molar-refractivity contribution in [2.45, 2.75) is 41.4 Å². The summed E-state index contributed by atoms with van der Waals surface area (Å²) < 4.78 is -1.95. The van der Waals surface area contributed by atoms with Gasteiger partial charge in [-0.1, -0.05) is 77.1 Å². The van der Waals surface area contributed by atoms with E-state index in [1.54, 1.807) is 4.68 Å². The van der Waals surface area contributed by atoms with Crippen molar-refractivity contribution >= 4 is 58.0 Å². The van der Waals surface area contributed by atoms with E-state index in [0.29, 0.717) is 24.4 Å². The van der Waals surface area contributed by atoms with E-state index < -0.39 is 8.13 Å². The van der Waals surface area contributed by atoms with Crippen LogP contribution in [-0.4, -0.2) is 18.8 Å². The zero-order chi connectivity index (χ0) is 13.3. The van der Waals surface area contributed by atoms with Crippen LogP contribution in [0.1, 0.15) is 31.7 Å². The van der Waals surface area contributed by atoms with Gasteiger partial charge in [0.25, 0.3) is 0 Å². The molecule has 0 radical (unpaired) electrons. The minimum atomic E-state index is -1.85. The quantitative estimate of drug-likeness (QED) is 0.768. The Morgan fingerprint density at radius 2 is 1.71 bits per heavy atom. The molecule has 17 heavy (non-hydrogen) atoms. The van der Waals surface area contributed by atoms with Gasteiger partial charge in [-0.15, -0.1) is 5.10 Å². The lowest BCUT2D eigenvalue weighted by atomic mass is 10.2. The van der Waals surface area contributed by atoms with Crippen molar-refractivity contribution in [1.29, 1.82) is 0 Å². The third-order valence-electron chi connectivity index (χ3n) is 2.23. The van der Waals surface area contributed by atoms with Crippen molar-refractivity contribution in [3.8, 4) is 0 Å². The highest BCUT2D eigenvalue weighted by Gasteiger charge is 2.51. The highest BCUT2D eigenvalue weighted by molar-refractivity contribution is 6.75. The van der Waals surface area contributed by atoms with Gasteiger partial charge in [0.2, 0.25) is 8.13 Å². The minimum Gasteiger partial charge on any atom is -0.246 e. The first-order chi connectivity index (χ1) is 7.75. The van der Waals surface area contributed by atoms with Gasteiger partial charge in [0, 0.05) is 6.54 Å². The van der Waals surface area contributed by atoms with E-state index in [-0.39, 0.29) is 0 Å². The van der Waals surface area contributed by atoms with Crippen LogP contribution in [0.3, 0.4) is 0 Å². The van der Waals surface area contributed by atoms with E-state index in [1.807, 2.05) is 13.8 Å². The van der Waals surface area contributed by atoms with Crippen LogP contribution in [0.15, 0.2) is 0 Å². The van der Waals surface area contributed by atoms with E-state index in [4.69, 9.17) is 58.0 Å². The number of nitrogens with zero attached hydrogens (tertiary/aromatic N) is 3. The molecule has 0 bridgehead atoms. The highest BCUT2D eigenvalue weighted by atomic mass is 35.6. The Hall–Kier alpha value is 0.590. The number of aryl methyl sites for hydroxylation is 2. The summed E-state index contributed by atoms with van der Waals surface area (Å²) in [5, 5.41) is 7.98. The van der Waals surface area contributed by atoms with Crippen LogP contribution in [0.2, 0.25) is 0 Å². The SMILES string of the molecule is CCCn1nnc(CC)c1C(Cl)(Cl)C(Cl)(Cl)Cl. The molecule has 98 valence electrons. The first kappa shape index (κ1) is 15.6. The molecular weight excluding hydrogens is 327 g/mol. The molecule has 0 aliphatic carbocycles. The van der Waals surface area contributed by atoms with Crippen LogP contribution < -0.4 is 0 Å². The summed E-state index contributed by atoms with van der Waals surface area (Å²) in [5.41, 5.74) is 1.08. The largest absolute Gasteiger partial charge is 0.246 e. The second kappa shape index (κ2) is 5.70. The van der Waals surface area contributed by atoms with E-state index in [2.05, 4.69) is 10.3 Å². The summed E-state index contributed by atoms with van der Waals surface area (Å²) in [6, 6.07) is 0. The second-order valence-corrected chi connectivity index (χ2v) is 7.14. The predicted molar refractivity (Wildman–Crippen MR) is 73.4 cm³/mol. The van der Waals surface area contributed by atoms with E-state index >= 15 is 0 Å². The van der Waals surface area contributed by atoms with Crippen LogP contribution in [0.5, 0.6) is 0 Å². The van der Waals surface area contributed by atoms with Crippen molar-refractivity contribution in [2.75, 3.05) is 0 Å². The molecule has 0 saturated heterocycles. The Labute approximate surface area is 125 Å². The van der Waals surface area contributed by atoms with E-state index in [0.717, 1.165) is 6.42 Å². The fraction of sp³-hybridized carbons (Fsp3) is 0.778. The average molecular weight is 339 g/mol. The molecule has 3 nitrogen and oxygen atoms in total. The monoisotopic (exact) mass is 337 g/mol. The molecule has 1 rings (SSSR count). The third-order valence-corrected chi connectivity index (χ3v) is 4.58. The minimum absolute atomic E-state index is 0.449. The summed E-state index contributed by atoms with van der Waals surface area (Å²) in [6.07, 6.45) is 1.46. The van der Waals surface area contributed by atoms with Gasteiger partial charge in [-0.3, -0.25) is 0 Å². The van der Waals surface area contributed by atoms with Crippen molar-refractivity contribution < 1.29 is 0 Å². The second-order valence-electron chi connectivity index (χ2n) is 3.53. The van der Waals surface area contributed by atoms with Gasteiger partial charge in [0.05, 0.1) is 5.69 Å². The maximum Gasteiger partial charge on any atom is 0.228 e. The molecule has 0 fully saturated rings. The molecule has 1 aromatic rings. The van der Waals surface area contributed by atoms with Crippen molar-refractivity contribution in [2.24, 2.45) is 0 Å². The molecule has 0 amide bonds. The molecule has 0 aliphatic rings. The molecular formula is C9H12Cl5N3. The Morgan fingerprint density at radius 1 is 1.12 bits per heavy atom. The Morgan fingerprint density at radius 3 is 2.12 bits per heavy atom. The summed E-state index contributed by atoms with van der Waals surface area (Å²) in [5.74, 6) is 0. The number of aromatic nitrogens is 3. The number of halogens is 5. The smallest absolute Gasteiger partial charge is 0.228 e. The molecule has 0 atom stereocenters. The average Bonchev–Trinajstić information content (AvgIpc) is 2.60. The van der Waals surface area contributed by atoms with Gasteiger partial charge in [0.1, 0.15) is 5.69 Å². The summed E-state index contributed by atoms with van der Waals surface area (Å²) in [6.45, 7) is 4.52. The molecule has 0 N–H and O–H groups in total. The van der Waals surface area contributed by atoms with Gasteiger partial charge >= 0.3 is 0 Å². The molecule has 0 aliphatic heterocycles. The molecule has 0 saturated carbocycles. The first-order valence-corrected chi connectivity index (χ1v) is 7.02. The van der Waals surface area contributed by atoms with Gasteiger partial charge < -0.3 is 0 Å². The Kier molecular flexibility index (Phi) is 5.25. The fourth-order valence-electron chi connectivity index (χ4n) is 1.43. The molecule has 0 unspecified atom stereocenters.